The fraction of sp³-hybridized carbons (Fsp3) is 0.286. The first kappa shape index (κ1) is 13.1. The van der Waals surface area contributed by atoms with Gasteiger partial charge in [-0.25, -0.2) is 0 Å². The number of carboxylic acids is 1. The van der Waals surface area contributed by atoms with Crippen molar-refractivity contribution in [1.29, 1.82) is 0 Å². The van der Waals surface area contributed by atoms with Gasteiger partial charge in [-0.3, -0.25) is 9.89 Å². The Morgan fingerprint density at radius 1 is 1.42 bits per heavy atom. The van der Waals surface area contributed by atoms with Crippen LogP contribution in [-0.4, -0.2) is 28.4 Å². The van der Waals surface area contributed by atoms with E-state index in [0.717, 1.165) is 17.7 Å². The molecule has 0 aliphatic rings. The number of nitrogens with one attached hydrogen (secondary N) is 1. The summed E-state index contributed by atoms with van der Waals surface area (Å²) in [5.74, 6) is -0.157. The average molecular weight is 260 g/mol. The van der Waals surface area contributed by atoms with Crippen LogP contribution in [0.15, 0.2) is 24.3 Å². The van der Waals surface area contributed by atoms with Crippen LogP contribution in [0.25, 0.3) is 11.3 Å². The van der Waals surface area contributed by atoms with Crippen LogP contribution in [0.4, 0.5) is 0 Å². The molecule has 0 spiro atoms. The molecule has 1 aromatic heterocycles. The van der Waals surface area contributed by atoms with E-state index in [1.807, 2.05) is 18.2 Å². The molecule has 0 aliphatic heterocycles. The van der Waals surface area contributed by atoms with Gasteiger partial charge >= 0.3 is 5.97 Å². The van der Waals surface area contributed by atoms with Gasteiger partial charge in [0.2, 0.25) is 0 Å². The Kier molecular flexibility index (Phi) is 3.85. The van der Waals surface area contributed by atoms with Crippen molar-refractivity contribution in [2.75, 3.05) is 7.11 Å². The lowest BCUT2D eigenvalue weighted by molar-refractivity contribution is -0.136. The van der Waals surface area contributed by atoms with Gasteiger partial charge in [0.15, 0.2) is 0 Å². The van der Waals surface area contributed by atoms with Crippen LogP contribution in [0.5, 0.6) is 5.75 Å². The van der Waals surface area contributed by atoms with Crippen LogP contribution >= 0.6 is 0 Å². The van der Waals surface area contributed by atoms with E-state index in [1.165, 1.54) is 5.56 Å². The molecule has 0 unspecified atom stereocenters. The quantitative estimate of drug-likeness (QED) is 0.864. The number of aromatic nitrogens is 2. The molecule has 0 aliphatic carbocycles. The van der Waals surface area contributed by atoms with Gasteiger partial charge in [0.25, 0.3) is 0 Å². The number of rotatable bonds is 5. The van der Waals surface area contributed by atoms with Crippen molar-refractivity contribution >= 4 is 5.97 Å². The van der Waals surface area contributed by atoms with Crippen molar-refractivity contribution in [3.05, 3.63) is 35.5 Å². The van der Waals surface area contributed by atoms with Crippen LogP contribution in [0, 0.1) is 0 Å². The number of benzene rings is 1. The maximum atomic E-state index is 10.7. The van der Waals surface area contributed by atoms with Gasteiger partial charge in [0.05, 0.1) is 19.2 Å². The fourth-order valence-corrected chi connectivity index (χ4v) is 1.93. The lowest BCUT2D eigenvalue weighted by Crippen LogP contribution is -1.99. The zero-order valence-corrected chi connectivity index (χ0v) is 10.9. The predicted molar refractivity (Wildman–Crippen MR) is 71.3 cm³/mol. The predicted octanol–water partition coefficient (Wildman–Crippen LogP) is 2.27. The van der Waals surface area contributed by atoms with Crippen LogP contribution in [-0.2, 0) is 17.6 Å². The second-order valence-corrected chi connectivity index (χ2v) is 4.24. The summed E-state index contributed by atoms with van der Waals surface area (Å²) in [5.41, 5.74) is 3.32. The molecule has 0 radical (unpaired) electrons. The monoisotopic (exact) mass is 260 g/mol. The average Bonchev–Trinajstić information content (AvgIpc) is 2.85. The van der Waals surface area contributed by atoms with E-state index in [1.54, 1.807) is 13.2 Å². The van der Waals surface area contributed by atoms with E-state index in [4.69, 9.17) is 9.84 Å². The molecular formula is C14H16N2O3. The van der Waals surface area contributed by atoms with Crippen molar-refractivity contribution in [3.8, 4) is 17.0 Å². The summed E-state index contributed by atoms with van der Waals surface area (Å²) < 4.78 is 5.32. The van der Waals surface area contributed by atoms with E-state index < -0.39 is 5.97 Å². The van der Waals surface area contributed by atoms with E-state index >= 15 is 0 Å². The third-order valence-corrected chi connectivity index (χ3v) is 2.92. The number of nitrogens with zero attached hydrogens (tertiary/aromatic N) is 1. The number of hydrogen-bond acceptors (Lipinski definition) is 3. The highest BCUT2D eigenvalue weighted by molar-refractivity contribution is 5.72. The van der Waals surface area contributed by atoms with Gasteiger partial charge in [-0.05, 0) is 30.2 Å². The highest BCUT2D eigenvalue weighted by Crippen LogP contribution is 2.30. The van der Waals surface area contributed by atoms with Crippen LogP contribution in [0.3, 0.4) is 0 Å². The lowest BCUT2D eigenvalue weighted by Gasteiger charge is -2.07. The summed E-state index contributed by atoms with van der Waals surface area (Å²) >= 11 is 0. The summed E-state index contributed by atoms with van der Waals surface area (Å²) in [5, 5.41) is 15.7. The third kappa shape index (κ3) is 2.93. The second kappa shape index (κ2) is 5.56. The Hall–Kier alpha value is -2.30. The van der Waals surface area contributed by atoms with E-state index in [-0.39, 0.29) is 6.42 Å². The first-order valence-corrected chi connectivity index (χ1v) is 6.07. The third-order valence-electron chi connectivity index (χ3n) is 2.92. The molecule has 2 N–H and O–H groups in total. The molecule has 1 aromatic carbocycles. The Morgan fingerprint density at radius 3 is 2.84 bits per heavy atom. The van der Waals surface area contributed by atoms with Crippen molar-refractivity contribution in [2.24, 2.45) is 0 Å². The standard InChI is InChI=1S/C14H16N2O3/c1-3-9-4-5-13(19-2)11(6-9)12-7-10(15-16-12)8-14(17)18/h4-7H,3,8H2,1-2H3,(H,15,16)(H,17,18). The fourth-order valence-electron chi connectivity index (χ4n) is 1.93. The number of aromatic amines is 1. The topological polar surface area (TPSA) is 75.2 Å². The molecule has 100 valence electrons. The van der Waals surface area contributed by atoms with Crippen LogP contribution in [0.1, 0.15) is 18.2 Å². The minimum atomic E-state index is -0.885. The minimum Gasteiger partial charge on any atom is -0.496 e. The van der Waals surface area contributed by atoms with Crippen molar-refractivity contribution in [1.82, 2.24) is 10.2 Å². The Morgan fingerprint density at radius 2 is 2.21 bits per heavy atom. The zero-order valence-electron chi connectivity index (χ0n) is 10.9. The molecule has 0 atom stereocenters. The Labute approximate surface area is 111 Å². The van der Waals surface area contributed by atoms with Gasteiger partial charge < -0.3 is 9.84 Å². The normalized spacial score (nSPS) is 10.4. The highest BCUT2D eigenvalue weighted by atomic mass is 16.5. The SMILES string of the molecule is CCc1ccc(OC)c(-c2cc(CC(=O)O)[nH]n2)c1. The Bertz CT molecular complexity index is 590. The first-order valence-electron chi connectivity index (χ1n) is 6.07. The van der Waals surface area contributed by atoms with E-state index in [2.05, 4.69) is 17.1 Å². The van der Waals surface area contributed by atoms with E-state index in [0.29, 0.717) is 11.4 Å². The molecule has 2 rings (SSSR count). The van der Waals surface area contributed by atoms with E-state index in [9.17, 15) is 4.79 Å². The zero-order chi connectivity index (χ0) is 13.8. The molecule has 0 saturated heterocycles. The molecule has 0 saturated carbocycles. The van der Waals surface area contributed by atoms with Gasteiger partial charge in [0, 0.05) is 11.3 Å². The number of aryl methyl sites for hydroxylation is 1. The van der Waals surface area contributed by atoms with Crippen molar-refractivity contribution in [2.45, 2.75) is 19.8 Å². The number of ether oxygens (including phenoxy) is 1. The summed E-state index contributed by atoms with van der Waals surface area (Å²) in [6.45, 7) is 2.08. The molecule has 1 heterocycles. The summed E-state index contributed by atoms with van der Waals surface area (Å²) in [6, 6.07) is 7.66. The second-order valence-electron chi connectivity index (χ2n) is 4.24. The number of carbonyl (C=O) groups is 1. The molecule has 5 heteroatoms. The Balaban J connectivity index is 2.39. The van der Waals surface area contributed by atoms with Gasteiger partial charge in [0.1, 0.15) is 5.75 Å². The maximum Gasteiger partial charge on any atom is 0.309 e. The lowest BCUT2D eigenvalue weighted by atomic mass is 10.0. The number of H-pyrrole nitrogens is 1. The number of hydrogen-bond donors (Lipinski definition) is 2. The molecule has 0 bridgehead atoms. The van der Waals surface area contributed by atoms with Gasteiger partial charge in [-0.1, -0.05) is 13.0 Å². The van der Waals surface area contributed by atoms with Gasteiger partial charge in [-0.15, -0.1) is 0 Å². The van der Waals surface area contributed by atoms with Crippen molar-refractivity contribution in [3.63, 3.8) is 0 Å². The smallest absolute Gasteiger partial charge is 0.309 e. The molecule has 0 fully saturated rings. The highest BCUT2D eigenvalue weighted by Gasteiger charge is 2.11. The summed E-state index contributed by atoms with van der Waals surface area (Å²) in [7, 11) is 1.61. The maximum absolute atomic E-state index is 10.7. The number of aliphatic carboxylic acids is 1. The number of carboxylic acid groups (broad SMARTS) is 1. The molecular weight excluding hydrogens is 244 g/mol. The first-order chi connectivity index (χ1) is 9.13. The molecule has 2 aromatic rings. The van der Waals surface area contributed by atoms with Crippen molar-refractivity contribution < 1.29 is 14.6 Å². The van der Waals surface area contributed by atoms with Crippen LogP contribution in [0.2, 0.25) is 0 Å². The largest absolute Gasteiger partial charge is 0.496 e. The summed E-state index contributed by atoms with van der Waals surface area (Å²) in [4.78, 5) is 10.7. The molecule has 0 amide bonds. The molecule has 19 heavy (non-hydrogen) atoms. The summed E-state index contributed by atoms with van der Waals surface area (Å²) in [6.07, 6.45) is 0.853. The van der Waals surface area contributed by atoms with Gasteiger partial charge in [-0.2, -0.15) is 5.10 Å². The van der Waals surface area contributed by atoms with Crippen LogP contribution < -0.4 is 4.74 Å². The number of methoxy groups -OCH3 is 1. The minimum absolute atomic E-state index is 0.0667. The molecule has 5 nitrogen and oxygen atoms in total.